The summed E-state index contributed by atoms with van der Waals surface area (Å²) in [5.41, 5.74) is 0. The van der Waals surface area contributed by atoms with E-state index in [0.717, 1.165) is 18.8 Å². The highest BCUT2D eigenvalue weighted by atomic mass is 16.4. The maximum Gasteiger partial charge on any atom is 0.0435 e. The quantitative estimate of drug-likeness (QED) is 0.244. The van der Waals surface area contributed by atoms with Crippen molar-refractivity contribution in [1.29, 1.82) is 0 Å². The van der Waals surface area contributed by atoms with Gasteiger partial charge in [-0.15, -0.1) is 5.16 Å². The van der Waals surface area contributed by atoms with Crippen LogP contribution >= 0.6 is 0 Å². The van der Waals surface area contributed by atoms with Gasteiger partial charge in [0, 0.05) is 6.21 Å². The average Bonchev–Trinajstić information content (AvgIpc) is 2.20. The molecule has 0 aromatic carbocycles. The molecule has 1 N–H and O–H groups in total. The van der Waals surface area contributed by atoms with Crippen LogP contribution in [-0.4, -0.2) is 11.4 Å². The Balaban J connectivity index is 2.92. The van der Waals surface area contributed by atoms with Crippen LogP contribution in [0.25, 0.3) is 0 Å². The third-order valence-electron chi connectivity index (χ3n) is 2.70. The lowest BCUT2D eigenvalue weighted by Crippen LogP contribution is -1.87. The lowest BCUT2D eigenvalue weighted by Gasteiger charge is -2.03. The molecule has 0 aromatic rings. The molecule has 0 atom stereocenters. The first-order valence-corrected chi connectivity index (χ1v) is 6.43. The van der Waals surface area contributed by atoms with Crippen LogP contribution in [0.3, 0.4) is 0 Å². The fourth-order valence-electron chi connectivity index (χ4n) is 1.73. The van der Waals surface area contributed by atoms with Gasteiger partial charge in [-0.2, -0.15) is 0 Å². The van der Waals surface area contributed by atoms with Gasteiger partial charge in [0.1, 0.15) is 0 Å². The van der Waals surface area contributed by atoms with Gasteiger partial charge in [-0.3, -0.25) is 0 Å². The molecule has 0 unspecified atom stereocenters. The zero-order valence-corrected chi connectivity index (χ0v) is 10.4. The summed E-state index contributed by atoms with van der Waals surface area (Å²) < 4.78 is 0. The Morgan fingerprint density at radius 2 is 1.47 bits per heavy atom. The molecular weight excluding hydrogens is 186 g/mol. The zero-order chi connectivity index (χ0) is 11.4. The van der Waals surface area contributed by atoms with Crippen LogP contribution in [-0.2, 0) is 0 Å². The Bertz CT molecular complexity index is 143. The molecule has 0 saturated heterocycles. The van der Waals surface area contributed by atoms with E-state index >= 15 is 0 Å². The summed E-state index contributed by atoms with van der Waals surface area (Å²) in [7, 11) is 0. The minimum absolute atomic E-state index is 0.864. The van der Waals surface area contributed by atoms with Crippen molar-refractivity contribution in [2.45, 2.75) is 71.6 Å². The maximum atomic E-state index is 8.18. The van der Waals surface area contributed by atoms with Crippen molar-refractivity contribution in [1.82, 2.24) is 0 Å². The topological polar surface area (TPSA) is 32.6 Å². The molecule has 90 valence electrons. The smallest absolute Gasteiger partial charge is 0.0435 e. The van der Waals surface area contributed by atoms with E-state index < -0.39 is 0 Å². The number of nitrogens with zero attached hydrogens (tertiary/aromatic N) is 1. The Hall–Kier alpha value is -0.530. The van der Waals surface area contributed by atoms with E-state index in [9.17, 15) is 0 Å². The lowest BCUT2D eigenvalue weighted by atomic mass is 10.0. The lowest BCUT2D eigenvalue weighted by molar-refractivity contribution is 0.320. The fraction of sp³-hybridized carbons (Fsp3) is 0.923. The highest BCUT2D eigenvalue weighted by Crippen LogP contribution is 2.12. The second-order valence-corrected chi connectivity index (χ2v) is 4.74. The van der Waals surface area contributed by atoms with Crippen molar-refractivity contribution < 1.29 is 5.21 Å². The average molecular weight is 213 g/mol. The minimum Gasteiger partial charge on any atom is -0.411 e. The minimum atomic E-state index is 0.864. The second-order valence-electron chi connectivity index (χ2n) is 4.74. The van der Waals surface area contributed by atoms with Crippen molar-refractivity contribution in [2.75, 3.05) is 0 Å². The molecule has 0 aliphatic heterocycles. The SMILES string of the molecule is CC(C)CCCCCCCCCC=NO. The van der Waals surface area contributed by atoms with Crippen molar-refractivity contribution in [3.05, 3.63) is 0 Å². The molecule has 2 heteroatoms. The Morgan fingerprint density at radius 3 is 2.00 bits per heavy atom. The summed E-state index contributed by atoms with van der Waals surface area (Å²) >= 11 is 0. The van der Waals surface area contributed by atoms with Gasteiger partial charge in [0.2, 0.25) is 0 Å². The monoisotopic (exact) mass is 213 g/mol. The summed E-state index contributed by atoms with van der Waals surface area (Å²) in [4.78, 5) is 0. The molecule has 0 radical (unpaired) electrons. The molecule has 0 spiro atoms. The molecule has 0 rings (SSSR count). The molecule has 15 heavy (non-hydrogen) atoms. The number of rotatable bonds is 10. The molecule has 0 saturated carbocycles. The summed E-state index contributed by atoms with van der Waals surface area (Å²) in [5, 5.41) is 11.2. The van der Waals surface area contributed by atoms with E-state index in [1.165, 1.54) is 44.9 Å². The Morgan fingerprint density at radius 1 is 0.933 bits per heavy atom. The molecule has 2 nitrogen and oxygen atoms in total. The van der Waals surface area contributed by atoms with E-state index in [1.54, 1.807) is 6.21 Å². The summed E-state index contributed by atoms with van der Waals surface area (Å²) in [5.74, 6) is 0.864. The zero-order valence-electron chi connectivity index (χ0n) is 10.4. The third kappa shape index (κ3) is 13.5. The molecule has 0 aliphatic rings. The fourth-order valence-corrected chi connectivity index (χ4v) is 1.73. The van der Waals surface area contributed by atoms with E-state index in [1.807, 2.05) is 0 Å². The number of unbranched alkanes of at least 4 members (excludes halogenated alkanes) is 7. The molecule has 0 aliphatic carbocycles. The first-order valence-electron chi connectivity index (χ1n) is 6.43. The van der Waals surface area contributed by atoms with Crippen LogP contribution in [0, 0.1) is 5.92 Å². The summed E-state index contributed by atoms with van der Waals surface area (Å²) in [6.45, 7) is 4.59. The third-order valence-corrected chi connectivity index (χ3v) is 2.70. The number of oxime groups is 1. The molecular formula is C13H27NO. The van der Waals surface area contributed by atoms with Gasteiger partial charge >= 0.3 is 0 Å². The van der Waals surface area contributed by atoms with E-state index in [4.69, 9.17) is 5.21 Å². The maximum absolute atomic E-state index is 8.18. The number of hydrogen-bond acceptors (Lipinski definition) is 2. The molecule has 0 heterocycles. The predicted octanol–water partition coefficient (Wildman–Crippen LogP) is 4.61. The van der Waals surface area contributed by atoms with Crippen molar-refractivity contribution >= 4 is 6.21 Å². The summed E-state index contributed by atoms with van der Waals surface area (Å²) in [6.07, 6.45) is 13.2. The van der Waals surface area contributed by atoms with Crippen LogP contribution in [0.4, 0.5) is 0 Å². The van der Waals surface area contributed by atoms with Gasteiger partial charge in [-0.1, -0.05) is 58.8 Å². The van der Waals surface area contributed by atoms with Gasteiger partial charge in [0.25, 0.3) is 0 Å². The first kappa shape index (κ1) is 14.5. The normalized spacial score (nSPS) is 11.7. The van der Waals surface area contributed by atoms with Crippen molar-refractivity contribution in [3.8, 4) is 0 Å². The van der Waals surface area contributed by atoms with Gasteiger partial charge in [0.15, 0.2) is 0 Å². The molecule has 0 amide bonds. The predicted molar refractivity (Wildman–Crippen MR) is 66.7 cm³/mol. The van der Waals surface area contributed by atoms with Crippen molar-refractivity contribution in [2.24, 2.45) is 11.1 Å². The standard InChI is InChI=1S/C13H27NO/c1-13(2)11-9-7-5-3-4-6-8-10-12-14-15/h12-13,15H,3-11H2,1-2H3. The van der Waals surface area contributed by atoms with Crippen LogP contribution in [0.2, 0.25) is 0 Å². The van der Waals surface area contributed by atoms with E-state index in [0.29, 0.717) is 0 Å². The van der Waals surface area contributed by atoms with Gasteiger partial charge in [-0.25, -0.2) is 0 Å². The second kappa shape index (κ2) is 11.5. The number of hydrogen-bond donors (Lipinski definition) is 1. The van der Waals surface area contributed by atoms with Crippen LogP contribution in [0.1, 0.15) is 71.6 Å². The van der Waals surface area contributed by atoms with Crippen LogP contribution in [0.5, 0.6) is 0 Å². The van der Waals surface area contributed by atoms with E-state index in [-0.39, 0.29) is 0 Å². The summed E-state index contributed by atoms with van der Waals surface area (Å²) in [6, 6.07) is 0. The van der Waals surface area contributed by atoms with Crippen molar-refractivity contribution in [3.63, 3.8) is 0 Å². The highest BCUT2D eigenvalue weighted by molar-refractivity contribution is 5.55. The molecule has 0 bridgehead atoms. The van der Waals surface area contributed by atoms with E-state index in [2.05, 4.69) is 19.0 Å². The molecule has 0 aromatic heterocycles. The van der Waals surface area contributed by atoms with Crippen LogP contribution < -0.4 is 0 Å². The first-order chi connectivity index (χ1) is 7.27. The van der Waals surface area contributed by atoms with Crippen LogP contribution in [0.15, 0.2) is 5.16 Å². The highest BCUT2D eigenvalue weighted by Gasteiger charge is 1.94. The van der Waals surface area contributed by atoms with Gasteiger partial charge in [-0.05, 0) is 18.8 Å². The van der Waals surface area contributed by atoms with Gasteiger partial charge < -0.3 is 5.21 Å². The Labute approximate surface area is 94.8 Å². The molecule has 0 fully saturated rings. The Kier molecular flexibility index (Phi) is 11.1. The van der Waals surface area contributed by atoms with Gasteiger partial charge in [0.05, 0.1) is 0 Å². The largest absolute Gasteiger partial charge is 0.411 e.